The number of likely N-dealkylation sites (tertiary alicyclic amines) is 1. The zero-order chi connectivity index (χ0) is 39.6. The van der Waals surface area contributed by atoms with Gasteiger partial charge < -0.3 is 24.8 Å². The number of rotatable bonds is 9. The molecule has 0 unspecified atom stereocenters. The smallest absolute Gasteiger partial charge is 0.261 e. The average Bonchev–Trinajstić information content (AvgIpc) is 3.57. The number of hydrogen-bond donors (Lipinski definition) is 2. The molecule has 2 bridgehead atoms. The minimum atomic E-state index is -2.80. The number of nitrogens with one attached hydrogen (secondary N) is 2. The van der Waals surface area contributed by atoms with E-state index >= 15 is 8.78 Å². The summed E-state index contributed by atoms with van der Waals surface area (Å²) >= 11 is 0. The van der Waals surface area contributed by atoms with Crippen LogP contribution in [-0.4, -0.2) is 85.1 Å². The molecule has 56 heavy (non-hydrogen) atoms. The van der Waals surface area contributed by atoms with Crippen LogP contribution in [0.1, 0.15) is 101 Å². The lowest BCUT2D eigenvalue weighted by Crippen LogP contribution is -2.66. The van der Waals surface area contributed by atoms with Crippen molar-refractivity contribution in [2.45, 2.75) is 127 Å². The van der Waals surface area contributed by atoms with Gasteiger partial charge in [-0.3, -0.25) is 19.5 Å². The number of benzene rings is 1. The molecule has 2 amide bonds. The van der Waals surface area contributed by atoms with Crippen LogP contribution < -0.4 is 15.5 Å². The Balaban J connectivity index is 1.07. The van der Waals surface area contributed by atoms with E-state index in [0.717, 1.165) is 50.6 Å². The molecule has 5 aliphatic rings. The first-order chi connectivity index (χ1) is 26.5. The zero-order valence-electron chi connectivity index (χ0n) is 32.4. The van der Waals surface area contributed by atoms with Gasteiger partial charge in [0.1, 0.15) is 11.1 Å². The first-order valence-electron chi connectivity index (χ1n) is 19.5. The molecule has 11 nitrogen and oxygen atoms in total. The molecule has 2 N–H and O–H groups in total. The lowest BCUT2D eigenvalue weighted by atomic mass is 9.70. The fourth-order valence-corrected chi connectivity index (χ4v) is 9.47. The predicted molar refractivity (Wildman–Crippen MR) is 202 cm³/mol. The molecule has 3 aliphatic heterocycles. The zero-order valence-corrected chi connectivity index (χ0v) is 32.4. The molecule has 2 atom stereocenters. The van der Waals surface area contributed by atoms with Gasteiger partial charge in [-0.25, -0.2) is 27.5 Å². The van der Waals surface area contributed by atoms with Gasteiger partial charge >= 0.3 is 0 Å². The highest BCUT2D eigenvalue weighted by Gasteiger charge is 2.57. The molecule has 1 aromatic carbocycles. The monoisotopic (exact) mass is 774 g/mol. The minimum Gasteiger partial charge on any atom is -0.376 e. The third-order valence-electron chi connectivity index (χ3n) is 13.0. The summed E-state index contributed by atoms with van der Waals surface area (Å²) in [5, 5.41) is 5.27. The number of alkyl halides is 2. The molecule has 2 saturated heterocycles. The van der Waals surface area contributed by atoms with Gasteiger partial charge in [-0.05, 0) is 98.3 Å². The normalized spacial score (nSPS) is 26.2. The highest BCUT2D eigenvalue weighted by atomic mass is 19.3. The summed E-state index contributed by atoms with van der Waals surface area (Å²) in [5.74, 6) is -3.33. The van der Waals surface area contributed by atoms with Crippen LogP contribution in [0.5, 0.6) is 0 Å². The number of carbonyl (C=O) groups excluding carboxylic acids is 2. The van der Waals surface area contributed by atoms with Crippen molar-refractivity contribution in [1.29, 1.82) is 0 Å². The van der Waals surface area contributed by atoms with E-state index in [4.69, 9.17) is 14.7 Å². The molecule has 296 valence electrons. The Kier molecular flexibility index (Phi) is 8.38. The summed E-state index contributed by atoms with van der Waals surface area (Å²) in [7, 11) is 0. The van der Waals surface area contributed by atoms with Crippen LogP contribution in [-0.2, 0) is 14.9 Å². The number of carbonyl (C=O) groups is 2. The maximum Gasteiger partial charge on any atom is 0.261 e. The Morgan fingerprint density at radius 1 is 1.04 bits per heavy atom. The van der Waals surface area contributed by atoms with E-state index in [1.807, 2.05) is 43.2 Å². The van der Waals surface area contributed by atoms with Crippen molar-refractivity contribution in [2.24, 2.45) is 0 Å². The van der Waals surface area contributed by atoms with Gasteiger partial charge in [0, 0.05) is 53.1 Å². The topological polar surface area (TPSA) is 118 Å². The van der Waals surface area contributed by atoms with E-state index in [0.29, 0.717) is 40.1 Å². The summed E-state index contributed by atoms with van der Waals surface area (Å²) in [6, 6.07) is 5.13. The SMILES string of the molecule is Cc1c(C(=O)NC2(C(F)F)CC2)cc(Nc2nc(-c3cnc4c(c3)N(C3CC(C)(N5CC[C@H]6C[C@@H]5CO6)C3)C(=O)C4(C)C)cc3ncn(C(C)C)c23)c(F)c1F. The summed E-state index contributed by atoms with van der Waals surface area (Å²) in [6.07, 6.45) is 4.77. The van der Waals surface area contributed by atoms with Gasteiger partial charge in [0.05, 0.1) is 52.7 Å². The fraction of sp³-hybridized carbons (Fsp3) is 0.537. The number of amides is 2. The molecule has 2 saturated carbocycles. The first-order valence-corrected chi connectivity index (χ1v) is 19.5. The molecular weight excluding hydrogens is 728 g/mol. The van der Waals surface area contributed by atoms with E-state index in [9.17, 15) is 18.4 Å². The van der Waals surface area contributed by atoms with Gasteiger partial charge in [-0.2, -0.15) is 0 Å². The van der Waals surface area contributed by atoms with Crippen molar-refractivity contribution in [2.75, 3.05) is 23.4 Å². The van der Waals surface area contributed by atoms with Crippen LogP contribution in [0, 0.1) is 18.6 Å². The number of ether oxygens (including phenoxy) is 1. The Morgan fingerprint density at radius 3 is 2.48 bits per heavy atom. The molecule has 4 fully saturated rings. The van der Waals surface area contributed by atoms with Crippen LogP contribution in [0.4, 0.5) is 34.8 Å². The van der Waals surface area contributed by atoms with E-state index in [1.165, 1.54) is 6.92 Å². The van der Waals surface area contributed by atoms with Gasteiger partial charge in [0.2, 0.25) is 5.91 Å². The standard InChI is InChI=1S/C41H46F4N8O3/c1-20(2)51-19-47-29-14-27(48-35(33(29)51)49-28-13-26(21(3)31(42)32(28)43)36(54)50-41(8-9-41)37(44)45)22-11-30-34(46-17-22)39(4,5)38(55)53(30)24-15-40(6,16-24)52-10-7-25-12-23(52)18-56-25/h11,13-14,17,19-20,23-25,37H,7-10,12,15-16,18H2,1-6H3,(H,48,49)(H,50,54)/t23-,24?,25+,40?/m1/s1. The van der Waals surface area contributed by atoms with E-state index in [-0.39, 0.29) is 53.3 Å². The lowest BCUT2D eigenvalue weighted by Gasteiger charge is -2.57. The van der Waals surface area contributed by atoms with Gasteiger partial charge in [-0.15, -0.1) is 0 Å². The van der Waals surface area contributed by atoms with Gasteiger partial charge in [0.25, 0.3) is 12.3 Å². The minimum absolute atomic E-state index is 0.00794. The van der Waals surface area contributed by atoms with E-state index < -0.39 is 40.6 Å². The maximum absolute atomic E-state index is 15.7. The average molecular weight is 775 g/mol. The predicted octanol–water partition coefficient (Wildman–Crippen LogP) is 7.34. The third kappa shape index (κ3) is 5.62. The number of hydrogen-bond acceptors (Lipinski definition) is 8. The second-order valence-electron chi connectivity index (χ2n) is 17.5. The van der Waals surface area contributed by atoms with Crippen molar-refractivity contribution in [3.8, 4) is 11.3 Å². The Hall–Kier alpha value is -4.63. The maximum atomic E-state index is 15.7. The molecule has 9 rings (SSSR count). The molecule has 4 aromatic rings. The molecule has 6 heterocycles. The fourth-order valence-electron chi connectivity index (χ4n) is 9.47. The van der Waals surface area contributed by atoms with Crippen LogP contribution >= 0.6 is 0 Å². The van der Waals surface area contributed by atoms with Crippen LogP contribution in [0.3, 0.4) is 0 Å². The van der Waals surface area contributed by atoms with Crippen molar-refractivity contribution in [3.63, 3.8) is 0 Å². The van der Waals surface area contributed by atoms with Crippen molar-refractivity contribution in [3.05, 3.63) is 59.2 Å². The number of halogens is 4. The van der Waals surface area contributed by atoms with E-state index in [1.54, 1.807) is 18.6 Å². The quantitative estimate of drug-likeness (QED) is 0.170. The summed E-state index contributed by atoms with van der Waals surface area (Å²) in [4.78, 5) is 46.2. The first kappa shape index (κ1) is 37.0. The largest absolute Gasteiger partial charge is 0.376 e. The highest BCUT2D eigenvalue weighted by Crippen LogP contribution is 2.51. The number of nitrogens with zero attached hydrogens (tertiary/aromatic N) is 6. The molecule has 3 aromatic heterocycles. The summed E-state index contributed by atoms with van der Waals surface area (Å²) < 4.78 is 66.4. The van der Waals surface area contributed by atoms with Crippen molar-refractivity contribution >= 4 is 40.0 Å². The third-order valence-corrected chi connectivity index (χ3v) is 13.0. The van der Waals surface area contributed by atoms with Crippen LogP contribution in [0.25, 0.3) is 22.3 Å². The van der Waals surface area contributed by atoms with E-state index in [2.05, 4.69) is 27.4 Å². The number of anilines is 3. The number of imidazole rings is 1. The van der Waals surface area contributed by atoms with Crippen molar-refractivity contribution < 1.29 is 31.9 Å². The Morgan fingerprint density at radius 2 is 1.79 bits per heavy atom. The second kappa shape index (κ2) is 12.7. The van der Waals surface area contributed by atoms with Gasteiger partial charge in [0.15, 0.2) is 17.5 Å². The number of fused-ring (bicyclic) bond motifs is 4. The molecular formula is C41H46F4N8O3. The molecule has 0 spiro atoms. The lowest BCUT2D eigenvalue weighted by molar-refractivity contribution is -0.124. The Labute approximate surface area is 322 Å². The van der Waals surface area contributed by atoms with Gasteiger partial charge in [-0.1, -0.05) is 0 Å². The number of piperidine rings is 1. The summed E-state index contributed by atoms with van der Waals surface area (Å²) in [5.41, 5.74) is -0.108. The van der Waals surface area contributed by atoms with Crippen molar-refractivity contribution in [1.82, 2.24) is 29.7 Å². The van der Waals surface area contributed by atoms with Crippen LogP contribution in [0.2, 0.25) is 0 Å². The molecule has 2 aliphatic carbocycles. The Bertz CT molecular complexity index is 2300. The molecule has 15 heteroatoms. The second-order valence-corrected chi connectivity index (χ2v) is 17.5. The summed E-state index contributed by atoms with van der Waals surface area (Å²) in [6.45, 7) is 12.9. The van der Waals surface area contributed by atoms with Crippen LogP contribution in [0.15, 0.2) is 30.7 Å². The number of pyridine rings is 2. The number of aromatic nitrogens is 4. The highest BCUT2D eigenvalue weighted by molar-refractivity contribution is 6.08. The molecule has 0 radical (unpaired) electrons.